The monoisotopic (exact) mass is 339 g/mol. The topological polar surface area (TPSA) is 43.1 Å². The quantitative estimate of drug-likeness (QED) is 0.265. The highest BCUT2D eigenvalue weighted by atomic mass is 16.1. The van der Waals surface area contributed by atoms with Crippen LogP contribution in [0.3, 0.4) is 0 Å². The van der Waals surface area contributed by atoms with Crippen LogP contribution in [0.5, 0.6) is 0 Å². The normalized spacial score (nSPS) is 13.8. The number of unbranched alkanes of at least 4 members (excludes halogenated alkanes) is 14. The van der Waals surface area contributed by atoms with E-state index in [-0.39, 0.29) is 11.3 Å². The van der Waals surface area contributed by atoms with Crippen molar-refractivity contribution in [1.29, 1.82) is 0 Å². The highest BCUT2D eigenvalue weighted by molar-refractivity contribution is 5.80. The van der Waals surface area contributed by atoms with Crippen molar-refractivity contribution in [2.45, 2.75) is 130 Å². The highest BCUT2D eigenvalue weighted by Gasteiger charge is 2.27. The van der Waals surface area contributed by atoms with Crippen molar-refractivity contribution in [3.63, 3.8) is 0 Å². The number of rotatable bonds is 18. The molecule has 2 heteroatoms. The van der Waals surface area contributed by atoms with E-state index in [9.17, 15) is 4.79 Å². The van der Waals surface area contributed by atoms with Gasteiger partial charge < -0.3 is 5.73 Å². The number of primary amides is 1. The average molecular weight is 340 g/mol. The Labute approximate surface area is 152 Å². The van der Waals surface area contributed by atoms with Gasteiger partial charge in [0.05, 0.1) is 0 Å². The van der Waals surface area contributed by atoms with Gasteiger partial charge in [0.15, 0.2) is 0 Å². The number of amides is 1. The first-order chi connectivity index (χ1) is 11.6. The standard InChI is InChI=1S/C22H45NO/c1-4-6-7-8-9-10-11-12-13-14-15-16-17-18-19-20-22(3,5-2)21(23)24/h4-20H2,1-3H3,(H2,23,24). The maximum Gasteiger partial charge on any atom is 0.223 e. The van der Waals surface area contributed by atoms with Crippen LogP contribution < -0.4 is 5.73 Å². The molecule has 0 aromatic heterocycles. The van der Waals surface area contributed by atoms with Gasteiger partial charge in [-0.1, -0.05) is 117 Å². The molecule has 2 nitrogen and oxygen atoms in total. The first-order valence-corrected chi connectivity index (χ1v) is 10.9. The third kappa shape index (κ3) is 12.8. The van der Waals surface area contributed by atoms with Gasteiger partial charge in [-0.05, 0) is 12.8 Å². The molecule has 0 fully saturated rings. The number of hydrogen-bond donors (Lipinski definition) is 1. The second kappa shape index (κ2) is 16.0. The summed E-state index contributed by atoms with van der Waals surface area (Å²) in [6.07, 6.45) is 22.5. The molecule has 0 spiro atoms. The fourth-order valence-corrected chi connectivity index (χ4v) is 3.36. The summed E-state index contributed by atoms with van der Waals surface area (Å²) in [6, 6.07) is 0. The van der Waals surface area contributed by atoms with Gasteiger partial charge in [0, 0.05) is 5.41 Å². The van der Waals surface area contributed by atoms with Crippen molar-refractivity contribution in [3.8, 4) is 0 Å². The summed E-state index contributed by atoms with van der Waals surface area (Å²) < 4.78 is 0. The molecule has 24 heavy (non-hydrogen) atoms. The van der Waals surface area contributed by atoms with Crippen molar-refractivity contribution in [1.82, 2.24) is 0 Å². The molecule has 0 aliphatic rings. The van der Waals surface area contributed by atoms with Gasteiger partial charge in [-0.15, -0.1) is 0 Å². The molecule has 1 unspecified atom stereocenters. The smallest absolute Gasteiger partial charge is 0.223 e. The minimum Gasteiger partial charge on any atom is -0.369 e. The molecule has 0 aromatic carbocycles. The Morgan fingerprint density at radius 2 is 1.00 bits per heavy atom. The molecule has 0 aliphatic carbocycles. The molecule has 144 valence electrons. The molecule has 2 N–H and O–H groups in total. The van der Waals surface area contributed by atoms with Crippen LogP contribution in [0.15, 0.2) is 0 Å². The predicted molar refractivity (Wildman–Crippen MR) is 107 cm³/mol. The van der Waals surface area contributed by atoms with Crippen molar-refractivity contribution in [2.75, 3.05) is 0 Å². The lowest BCUT2D eigenvalue weighted by atomic mass is 9.81. The molecule has 0 saturated carbocycles. The van der Waals surface area contributed by atoms with Crippen molar-refractivity contribution < 1.29 is 4.79 Å². The van der Waals surface area contributed by atoms with E-state index in [0.717, 1.165) is 19.3 Å². The first-order valence-electron chi connectivity index (χ1n) is 10.9. The molecule has 0 bridgehead atoms. The first kappa shape index (κ1) is 23.5. The number of nitrogens with two attached hydrogens (primary N) is 1. The van der Waals surface area contributed by atoms with Crippen molar-refractivity contribution in [3.05, 3.63) is 0 Å². The summed E-state index contributed by atoms with van der Waals surface area (Å²) in [5.74, 6) is -0.129. The van der Waals surface area contributed by atoms with Gasteiger partial charge in [0.1, 0.15) is 0 Å². The SMILES string of the molecule is CCCCCCCCCCCCCCCCCC(C)(CC)C(N)=O. The summed E-state index contributed by atoms with van der Waals surface area (Å²) in [4.78, 5) is 11.5. The predicted octanol–water partition coefficient (Wildman–Crippen LogP) is 7.15. The Kier molecular flexibility index (Phi) is 15.6. The van der Waals surface area contributed by atoms with Gasteiger partial charge >= 0.3 is 0 Å². The van der Waals surface area contributed by atoms with Gasteiger partial charge in [0.25, 0.3) is 0 Å². The molecule has 1 atom stereocenters. The van der Waals surface area contributed by atoms with Gasteiger partial charge in [-0.25, -0.2) is 0 Å². The third-order valence-electron chi connectivity index (χ3n) is 5.71. The minimum absolute atomic E-state index is 0.129. The molecular weight excluding hydrogens is 294 g/mol. The fraction of sp³-hybridized carbons (Fsp3) is 0.955. The Hall–Kier alpha value is -0.530. The lowest BCUT2D eigenvalue weighted by Crippen LogP contribution is -2.33. The molecule has 0 heterocycles. The van der Waals surface area contributed by atoms with E-state index in [4.69, 9.17) is 5.73 Å². The molecule has 0 aliphatic heterocycles. The van der Waals surface area contributed by atoms with E-state index in [2.05, 4.69) is 13.8 Å². The minimum atomic E-state index is -0.281. The van der Waals surface area contributed by atoms with E-state index in [1.165, 1.54) is 89.9 Å². The van der Waals surface area contributed by atoms with Crippen LogP contribution in [0.1, 0.15) is 130 Å². The van der Waals surface area contributed by atoms with E-state index in [0.29, 0.717) is 0 Å². The van der Waals surface area contributed by atoms with Gasteiger partial charge in [-0.2, -0.15) is 0 Å². The van der Waals surface area contributed by atoms with E-state index < -0.39 is 0 Å². The maximum atomic E-state index is 11.5. The van der Waals surface area contributed by atoms with Crippen LogP contribution in [0, 0.1) is 5.41 Å². The van der Waals surface area contributed by atoms with E-state index >= 15 is 0 Å². The van der Waals surface area contributed by atoms with Crippen molar-refractivity contribution >= 4 is 5.91 Å². The second-order valence-corrected chi connectivity index (χ2v) is 7.98. The molecule has 0 saturated heterocycles. The Morgan fingerprint density at radius 1 is 0.667 bits per heavy atom. The largest absolute Gasteiger partial charge is 0.369 e. The molecule has 0 radical (unpaired) electrons. The van der Waals surface area contributed by atoms with Crippen LogP contribution in [0.2, 0.25) is 0 Å². The van der Waals surface area contributed by atoms with Crippen LogP contribution >= 0.6 is 0 Å². The molecule has 1 amide bonds. The summed E-state index contributed by atoms with van der Waals surface area (Å²) >= 11 is 0. The summed E-state index contributed by atoms with van der Waals surface area (Å²) in [6.45, 7) is 6.36. The number of carbonyl (C=O) groups excluding carboxylic acids is 1. The summed E-state index contributed by atoms with van der Waals surface area (Å²) in [7, 11) is 0. The zero-order chi connectivity index (χ0) is 18.1. The maximum absolute atomic E-state index is 11.5. The Bertz CT molecular complexity index is 290. The van der Waals surface area contributed by atoms with Crippen LogP contribution in [-0.2, 0) is 4.79 Å². The van der Waals surface area contributed by atoms with Crippen LogP contribution in [0.4, 0.5) is 0 Å². The zero-order valence-corrected chi connectivity index (χ0v) is 17.0. The van der Waals surface area contributed by atoms with Crippen LogP contribution in [-0.4, -0.2) is 5.91 Å². The van der Waals surface area contributed by atoms with Gasteiger partial charge in [-0.3, -0.25) is 4.79 Å². The van der Waals surface area contributed by atoms with Gasteiger partial charge in [0.2, 0.25) is 5.91 Å². The van der Waals surface area contributed by atoms with E-state index in [1.54, 1.807) is 0 Å². The molecular formula is C22H45NO. The molecule has 0 rings (SSSR count). The lowest BCUT2D eigenvalue weighted by Gasteiger charge is -2.23. The van der Waals surface area contributed by atoms with Crippen molar-refractivity contribution in [2.24, 2.45) is 11.1 Å². The number of hydrogen-bond acceptors (Lipinski definition) is 1. The lowest BCUT2D eigenvalue weighted by molar-refractivity contribution is -0.127. The molecule has 0 aromatic rings. The Balaban J connectivity index is 3.24. The summed E-state index contributed by atoms with van der Waals surface area (Å²) in [5.41, 5.74) is 5.22. The zero-order valence-electron chi connectivity index (χ0n) is 17.0. The second-order valence-electron chi connectivity index (χ2n) is 7.98. The number of carbonyl (C=O) groups is 1. The van der Waals surface area contributed by atoms with Crippen LogP contribution in [0.25, 0.3) is 0 Å². The summed E-state index contributed by atoms with van der Waals surface area (Å²) in [5, 5.41) is 0. The Morgan fingerprint density at radius 3 is 1.29 bits per heavy atom. The van der Waals surface area contributed by atoms with E-state index in [1.807, 2.05) is 6.92 Å². The average Bonchev–Trinajstić information content (AvgIpc) is 2.57. The highest BCUT2D eigenvalue weighted by Crippen LogP contribution is 2.28. The fourth-order valence-electron chi connectivity index (χ4n) is 3.36. The third-order valence-corrected chi connectivity index (χ3v) is 5.71.